The fraction of sp³-hybridized carbons (Fsp3) is 0.273. The van der Waals surface area contributed by atoms with Crippen molar-refractivity contribution in [3.63, 3.8) is 0 Å². The molecule has 0 amide bonds. The number of aldehydes is 1. The molecule has 5 nitrogen and oxygen atoms in total. The lowest BCUT2D eigenvalue weighted by molar-refractivity contribution is 0.111. The Morgan fingerprint density at radius 1 is 1.04 bits per heavy atom. The molecule has 0 aliphatic carbocycles. The number of hydrogen-bond donors (Lipinski definition) is 0. The van der Waals surface area contributed by atoms with Gasteiger partial charge in [-0.1, -0.05) is 49.7 Å². The molecule has 0 spiro atoms. The molecular formula is C22H23ClN4O. The van der Waals surface area contributed by atoms with Gasteiger partial charge < -0.3 is 9.47 Å². The van der Waals surface area contributed by atoms with Crippen LogP contribution in [0.25, 0.3) is 28.1 Å². The summed E-state index contributed by atoms with van der Waals surface area (Å²) in [5.74, 6) is 0.792. The van der Waals surface area contributed by atoms with Crippen LogP contribution in [-0.4, -0.2) is 44.8 Å². The van der Waals surface area contributed by atoms with Gasteiger partial charge in [0.25, 0.3) is 0 Å². The van der Waals surface area contributed by atoms with Gasteiger partial charge in [-0.25, -0.2) is 4.98 Å². The molecule has 2 aromatic heterocycles. The van der Waals surface area contributed by atoms with Gasteiger partial charge in [0.05, 0.1) is 11.0 Å². The predicted molar refractivity (Wildman–Crippen MR) is 114 cm³/mol. The summed E-state index contributed by atoms with van der Waals surface area (Å²) in [6.07, 6.45) is 0.894. The minimum absolute atomic E-state index is 0.565. The van der Waals surface area contributed by atoms with Crippen LogP contribution in [0.4, 0.5) is 0 Å². The van der Waals surface area contributed by atoms with E-state index in [4.69, 9.17) is 16.6 Å². The molecule has 0 bridgehead atoms. The lowest BCUT2D eigenvalue weighted by atomic mass is 10.1. The summed E-state index contributed by atoms with van der Waals surface area (Å²) >= 11 is 6.03. The first-order valence-corrected chi connectivity index (χ1v) is 9.98. The largest absolute Gasteiger partial charge is 0.308 e. The van der Waals surface area contributed by atoms with Crippen molar-refractivity contribution in [1.82, 2.24) is 18.9 Å². The van der Waals surface area contributed by atoms with Gasteiger partial charge in [0.2, 0.25) is 5.78 Å². The van der Waals surface area contributed by atoms with E-state index >= 15 is 0 Å². The summed E-state index contributed by atoms with van der Waals surface area (Å²) in [5.41, 5.74) is 4.21. The van der Waals surface area contributed by atoms with Crippen molar-refractivity contribution in [2.24, 2.45) is 0 Å². The quantitative estimate of drug-likeness (QED) is 0.424. The van der Waals surface area contributed by atoms with Crippen molar-refractivity contribution in [3.8, 4) is 11.3 Å². The highest BCUT2D eigenvalue weighted by Crippen LogP contribution is 2.29. The van der Waals surface area contributed by atoms with E-state index in [1.165, 1.54) is 0 Å². The molecule has 144 valence electrons. The van der Waals surface area contributed by atoms with Crippen LogP contribution in [0.2, 0.25) is 5.02 Å². The van der Waals surface area contributed by atoms with Crippen LogP contribution in [-0.2, 0) is 6.54 Å². The third-order valence-electron chi connectivity index (χ3n) is 5.31. The molecule has 4 rings (SSSR count). The van der Waals surface area contributed by atoms with Crippen LogP contribution in [0.1, 0.15) is 24.3 Å². The van der Waals surface area contributed by atoms with Crippen LogP contribution in [0.5, 0.6) is 0 Å². The number of halogens is 1. The van der Waals surface area contributed by atoms with Gasteiger partial charge in [-0.05, 0) is 37.4 Å². The second-order valence-electron chi connectivity index (χ2n) is 6.77. The van der Waals surface area contributed by atoms with E-state index in [2.05, 4.69) is 29.4 Å². The lowest BCUT2D eigenvalue weighted by Crippen LogP contribution is -2.27. The molecule has 4 aromatic rings. The van der Waals surface area contributed by atoms with Crippen LogP contribution in [0.15, 0.2) is 48.5 Å². The van der Waals surface area contributed by atoms with Crippen LogP contribution in [0.3, 0.4) is 0 Å². The summed E-state index contributed by atoms with van der Waals surface area (Å²) in [4.78, 5) is 19.3. The first-order valence-electron chi connectivity index (χ1n) is 9.61. The summed E-state index contributed by atoms with van der Waals surface area (Å²) < 4.78 is 4.18. The Kier molecular flexibility index (Phi) is 5.20. The number of nitrogens with zero attached hydrogens (tertiary/aromatic N) is 4. The maximum Gasteiger partial charge on any atom is 0.216 e. The van der Waals surface area contributed by atoms with E-state index in [9.17, 15) is 4.79 Å². The van der Waals surface area contributed by atoms with Crippen molar-refractivity contribution in [2.75, 3.05) is 19.6 Å². The van der Waals surface area contributed by atoms with Crippen LogP contribution < -0.4 is 0 Å². The number of fused-ring (bicyclic) bond motifs is 3. The summed E-state index contributed by atoms with van der Waals surface area (Å²) in [5, 5.41) is 0.661. The number of rotatable bonds is 7. The van der Waals surface area contributed by atoms with E-state index in [0.29, 0.717) is 16.4 Å². The Bertz CT molecular complexity index is 1120. The Labute approximate surface area is 169 Å². The van der Waals surface area contributed by atoms with E-state index in [1.807, 2.05) is 46.9 Å². The highest BCUT2D eigenvalue weighted by atomic mass is 35.5. The molecule has 2 aromatic carbocycles. The zero-order chi connectivity index (χ0) is 19.7. The smallest absolute Gasteiger partial charge is 0.216 e. The van der Waals surface area contributed by atoms with Crippen LogP contribution >= 0.6 is 11.6 Å². The molecule has 0 N–H and O–H groups in total. The van der Waals surface area contributed by atoms with Gasteiger partial charge in [-0.2, -0.15) is 0 Å². The number of imidazole rings is 2. The first kappa shape index (κ1) is 18.7. The maximum absolute atomic E-state index is 12.0. The average molecular weight is 395 g/mol. The van der Waals surface area contributed by atoms with Crippen molar-refractivity contribution in [2.45, 2.75) is 20.4 Å². The number of aromatic nitrogens is 3. The topological polar surface area (TPSA) is 42.5 Å². The minimum atomic E-state index is 0.565. The molecule has 28 heavy (non-hydrogen) atoms. The summed E-state index contributed by atoms with van der Waals surface area (Å²) in [6.45, 7) is 8.11. The summed E-state index contributed by atoms with van der Waals surface area (Å²) in [6, 6.07) is 15.6. The molecule has 0 unspecified atom stereocenters. The number of carbonyl (C=O) groups is 1. The predicted octanol–water partition coefficient (Wildman–Crippen LogP) is 4.76. The molecule has 0 atom stereocenters. The minimum Gasteiger partial charge on any atom is -0.308 e. The fourth-order valence-electron chi connectivity index (χ4n) is 3.76. The Morgan fingerprint density at radius 3 is 2.36 bits per heavy atom. The Balaban J connectivity index is 1.92. The highest BCUT2D eigenvalue weighted by molar-refractivity contribution is 6.30. The molecule has 0 radical (unpaired) electrons. The molecule has 0 aliphatic heterocycles. The zero-order valence-corrected chi connectivity index (χ0v) is 16.9. The SMILES string of the molecule is CCN(CC)CCn1c2ccccc2n2c(C=O)c(-c3ccc(Cl)cc3)nc12. The Morgan fingerprint density at radius 2 is 1.71 bits per heavy atom. The Hall–Kier alpha value is -2.63. The lowest BCUT2D eigenvalue weighted by Gasteiger charge is -2.18. The van der Waals surface area contributed by atoms with E-state index in [0.717, 1.165) is 54.8 Å². The number of para-hydroxylation sites is 2. The highest BCUT2D eigenvalue weighted by Gasteiger charge is 2.20. The molecule has 6 heteroatoms. The number of benzene rings is 2. The number of likely N-dealkylation sites (N-methyl/N-ethyl adjacent to an activating group) is 1. The zero-order valence-electron chi connectivity index (χ0n) is 16.1. The van der Waals surface area contributed by atoms with Crippen molar-refractivity contribution < 1.29 is 4.79 Å². The van der Waals surface area contributed by atoms with Crippen molar-refractivity contribution >= 4 is 34.7 Å². The third kappa shape index (κ3) is 3.11. The van der Waals surface area contributed by atoms with E-state index in [-0.39, 0.29) is 0 Å². The normalized spacial score (nSPS) is 11.7. The van der Waals surface area contributed by atoms with Gasteiger partial charge in [0, 0.05) is 23.7 Å². The molecule has 2 heterocycles. The third-order valence-corrected chi connectivity index (χ3v) is 5.57. The number of carbonyl (C=O) groups excluding carboxylic acids is 1. The van der Waals surface area contributed by atoms with Gasteiger partial charge in [0.15, 0.2) is 6.29 Å². The van der Waals surface area contributed by atoms with Crippen LogP contribution in [0, 0.1) is 0 Å². The van der Waals surface area contributed by atoms with Gasteiger partial charge in [0.1, 0.15) is 11.4 Å². The average Bonchev–Trinajstić information content (AvgIpc) is 3.24. The monoisotopic (exact) mass is 394 g/mol. The second-order valence-corrected chi connectivity index (χ2v) is 7.21. The van der Waals surface area contributed by atoms with Crippen molar-refractivity contribution in [3.05, 3.63) is 59.2 Å². The molecule has 0 aliphatic rings. The number of hydrogen-bond acceptors (Lipinski definition) is 3. The molecule has 0 fully saturated rings. The second kappa shape index (κ2) is 7.78. The standard InChI is InChI=1S/C22H23ClN4O/c1-3-25(4-2)13-14-26-18-7-5-6-8-19(18)27-20(15-28)21(24-22(26)27)16-9-11-17(23)12-10-16/h5-12,15H,3-4,13-14H2,1-2H3. The van der Waals surface area contributed by atoms with E-state index in [1.54, 1.807) is 0 Å². The maximum atomic E-state index is 12.0. The van der Waals surface area contributed by atoms with E-state index < -0.39 is 0 Å². The molecule has 0 saturated heterocycles. The molecule has 0 saturated carbocycles. The first-order chi connectivity index (χ1) is 13.7. The van der Waals surface area contributed by atoms with Gasteiger partial charge in [-0.15, -0.1) is 0 Å². The molecular weight excluding hydrogens is 372 g/mol. The van der Waals surface area contributed by atoms with Crippen molar-refractivity contribution in [1.29, 1.82) is 0 Å². The van der Waals surface area contributed by atoms with Gasteiger partial charge in [-0.3, -0.25) is 9.20 Å². The summed E-state index contributed by atoms with van der Waals surface area (Å²) in [7, 11) is 0. The van der Waals surface area contributed by atoms with Gasteiger partial charge >= 0.3 is 0 Å². The fourth-order valence-corrected chi connectivity index (χ4v) is 3.89.